The van der Waals surface area contributed by atoms with Gasteiger partial charge in [0.25, 0.3) is 0 Å². The molecule has 0 spiro atoms. The van der Waals surface area contributed by atoms with Crippen LogP contribution in [0.1, 0.15) is 28.1 Å². The number of pyridine rings is 2. The Morgan fingerprint density at radius 1 is 0.491 bits per heavy atom. The Bertz CT molecular complexity index is 2630. The summed E-state index contributed by atoms with van der Waals surface area (Å²) in [6.07, 6.45) is 29.5. The molecule has 0 aliphatic carbocycles. The number of nitrogens with zero attached hydrogens (tertiary/aromatic N) is 7. The minimum absolute atomic E-state index is 0.729. The van der Waals surface area contributed by atoms with Gasteiger partial charge in [-0.2, -0.15) is 0 Å². The molecule has 268 valence electrons. The zero-order valence-electron chi connectivity index (χ0n) is 32.0. The number of quaternary nitrogens is 1. The van der Waals surface area contributed by atoms with Crippen LogP contribution in [-0.2, 0) is 14.1 Å². The van der Waals surface area contributed by atoms with E-state index in [2.05, 4.69) is 177 Å². The van der Waals surface area contributed by atoms with Gasteiger partial charge in [0.1, 0.15) is 19.8 Å². The minimum Gasteiger partial charge on any atom is -0.357 e. The quantitative estimate of drug-likeness (QED) is 0.176. The first-order chi connectivity index (χ1) is 26.6. The first-order valence-corrected chi connectivity index (χ1v) is 18.5. The summed E-state index contributed by atoms with van der Waals surface area (Å²) in [7, 11) is 12.7. The van der Waals surface area contributed by atoms with Crippen molar-refractivity contribution < 1.29 is 9.13 Å². The zero-order chi connectivity index (χ0) is 37.8. The molecular formula is C47H43N8+3. The average Bonchev–Trinajstić information content (AvgIpc) is 4.01. The van der Waals surface area contributed by atoms with Gasteiger partial charge in [-0.05, 0) is 107 Å². The lowest BCUT2D eigenvalue weighted by Gasteiger charge is -2.23. The summed E-state index contributed by atoms with van der Waals surface area (Å²) in [4.78, 5) is 22.1. The van der Waals surface area contributed by atoms with Gasteiger partial charge in [0.15, 0.2) is 24.8 Å². The van der Waals surface area contributed by atoms with Crippen molar-refractivity contribution in [3.63, 3.8) is 0 Å². The predicted octanol–water partition coefficient (Wildman–Crippen LogP) is 7.21. The number of hydrogen-bond donors (Lipinski definition) is 1. The highest BCUT2D eigenvalue weighted by Gasteiger charge is 2.27. The zero-order valence-corrected chi connectivity index (χ0v) is 32.0. The van der Waals surface area contributed by atoms with Crippen LogP contribution < -0.4 is 13.6 Å². The molecule has 8 heteroatoms. The lowest BCUT2D eigenvalue weighted by atomic mass is 9.99. The molecule has 0 saturated carbocycles. The lowest BCUT2D eigenvalue weighted by Crippen LogP contribution is -2.34. The second-order valence-corrected chi connectivity index (χ2v) is 15.2. The highest BCUT2D eigenvalue weighted by Crippen LogP contribution is 2.39. The van der Waals surface area contributed by atoms with Gasteiger partial charge in [-0.3, -0.25) is 4.48 Å². The molecule has 0 atom stereocenters. The molecule has 9 rings (SSSR count). The third kappa shape index (κ3) is 6.36. The van der Waals surface area contributed by atoms with Crippen LogP contribution in [0.2, 0.25) is 0 Å². The average molecular weight is 720 g/mol. The Morgan fingerprint density at radius 3 is 1.38 bits per heavy atom. The van der Waals surface area contributed by atoms with Gasteiger partial charge in [-0.25, -0.2) is 24.1 Å². The molecule has 0 unspecified atom stereocenters. The number of rotatable bonds is 4. The summed E-state index contributed by atoms with van der Waals surface area (Å²) < 4.78 is 4.82. The summed E-state index contributed by atoms with van der Waals surface area (Å²) in [5.41, 5.74) is 16.6. The Hall–Kier alpha value is -6.77. The monoisotopic (exact) mass is 719 g/mol. The number of fused-ring (bicyclic) bond motifs is 5. The van der Waals surface area contributed by atoms with Crippen molar-refractivity contribution in [2.75, 3.05) is 28.2 Å². The number of benzene rings is 1. The maximum atomic E-state index is 5.43. The summed E-state index contributed by atoms with van der Waals surface area (Å²) in [6.45, 7) is 0. The van der Waals surface area contributed by atoms with Gasteiger partial charge >= 0.3 is 0 Å². The Morgan fingerprint density at radius 2 is 0.909 bits per heavy atom. The minimum atomic E-state index is 0.729. The van der Waals surface area contributed by atoms with Crippen molar-refractivity contribution in [3.8, 4) is 0 Å². The molecule has 3 aromatic heterocycles. The number of hydrogen-bond acceptors (Lipinski definition) is 4. The van der Waals surface area contributed by atoms with Crippen molar-refractivity contribution in [1.29, 1.82) is 0 Å². The van der Waals surface area contributed by atoms with E-state index < -0.39 is 0 Å². The van der Waals surface area contributed by atoms with Crippen molar-refractivity contribution in [2.45, 2.75) is 0 Å². The molecule has 1 aromatic carbocycles. The van der Waals surface area contributed by atoms with Crippen LogP contribution >= 0.6 is 0 Å². The Kier molecular flexibility index (Phi) is 8.21. The Labute approximate surface area is 322 Å². The predicted molar refractivity (Wildman–Crippen MR) is 225 cm³/mol. The largest absolute Gasteiger partial charge is 0.357 e. The van der Waals surface area contributed by atoms with E-state index in [4.69, 9.17) is 15.0 Å². The smallest absolute Gasteiger partial charge is 0.169 e. The fourth-order valence-electron chi connectivity index (χ4n) is 7.42. The molecule has 0 fully saturated rings. The number of aromatic amines is 1. The van der Waals surface area contributed by atoms with E-state index in [1.54, 1.807) is 0 Å². The summed E-state index contributed by atoms with van der Waals surface area (Å²) >= 11 is 0. The highest BCUT2D eigenvalue weighted by molar-refractivity contribution is 6.37. The molecule has 8 bridgehead atoms. The van der Waals surface area contributed by atoms with Gasteiger partial charge in [0, 0.05) is 77.4 Å². The summed E-state index contributed by atoms with van der Waals surface area (Å²) in [5, 5.41) is 0. The van der Waals surface area contributed by atoms with E-state index in [0.717, 1.165) is 94.7 Å². The lowest BCUT2D eigenvalue weighted by molar-refractivity contribution is -0.671. The van der Waals surface area contributed by atoms with Gasteiger partial charge in [-0.15, -0.1) is 0 Å². The van der Waals surface area contributed by atoms with Crippen LogP contribution in [0.4, 0.5) is 5.69 Å². The van der Waals surface area contributed by atoms with Gasteiger partial charge in [0.2, 0.25) is 0 Å². The molecule has 1 N–H and O–H groups in total. The van der Waals surface area contributed by atoms with Gasteiger partial charge in [0.05, 0.1) is 55.4 Å². The number of aromatic nitrogens is 3. The second kappa shape index (κ2) is 13.3. The maximum Gasteiger partial charge on any atom is 0.169 e. The first-order valence-electron chi connectivity index (χ1n) is 18.5. The SMILES string of the molecule is CN1C=CC(=C2C3=NC(=C(c4cc[n+](C)cc4)C4=NC(=C(c5cc[n+](C)cc5)C5=NC(=C(c6ccc([N+](C)(C)C)cc6)c6ccc2[nH]6)C=C5)C=C4)C=C3)C=C1. The van der Waals surface area contributed by atoms with Crippen molar-refractivity contribution >= 4 is 45.1 Å². The summed E-state index contributed by atoms with van der Waals surface area (Å²) in [6, 6.07) is 21.7. The molecule has 4 aromatic rings. The van der Waals surface area contributed by atoms with Crippen LogP contribution in [0, 0.1) is 0 Å². The van der Waals surface area contributed by atoms with Crippen molar-refractivity contribution in [3.05, 3.63) is 197 Å². The number of aryl methyl sites for hydroxylation is 2. The van der Waals surface area contributed by atoms with Crippen LogP contribution in [0.15, 0.2) is 184 Å². The van der Waals surface area contributed by atoms with Crippen LogP contribution in [0.25, 0.3) is 22.3 Å². The molecule has 0 radical (unpaired) electrons. The molecule has 5 aliphatic rings. The first kappa shape index (κ1) is 34.0. The van der Waals surface area contributed by atoms with Crippen molar-refractivity contribution in [2.24, 2.45) is 29.1 Å². The molecule has 5 aliphatic heterocycles. The van der Waals surface area contributed by atoms with E-state index in [-0.39, 0.29) is 0 Å². The third-order valence-electron chi connectivity index (χ3n) is 10.4. The molecule has 0 saturated heterocycles. The molecule has 8 nitrogen and oxygen atoms in total. The van der Waals surface area contributed by atoms with Crippen LogP contribution in [0.5, 0.6) is 0 Å². The van der Waals surface area contributed by atoms with E-state index in [9.17, 15) is 0 Å². The normalized spacial score (nSPS) is 17.6. The fraction of sp³-hybridized carbons (Fsp3) is 0.128. The van der Waals surface area contributed by atoms with Crippen LogP contribution in [0.3, 0.4) is 0 Å². The highest BCUT2D eigenvalue weighted by atomic mass is 15.3. The maximum absolute atomic E-state index is 5.43. The molecule has 0 amide bonds. The standard InChI is InChI=1S/C47H43N8/c1-52-25-19-32(20-26-52)45-38-13-11-36(48-38)44(31-7-9-35(10-8-31)55(4,5)6)37-12-14-39(49-37)46(33-21-27-53(2)28-22-33)41-16-18-43(51-41)47(42-17-15-40(45)50-42)34-23-29-54(3)30-24-34/h7-30,48H,1-6H3/q+3. The van der Waals surface area contributed by atoms with Gasteiger partial charge < -0.3 is 9.88 Å². The van der Waals surface area contributed by atoms with Crippen LogP contribution in [-0.4, -0.2) is 55.2 Å². The Balaban J connectivity index is 1.35. The van der Waals surface area contributed by atoms with Gasteiger partial charge in [-0.1, -0.05) is 0 Å². The van der Waals surface area contributed by atoms with E-state index in [0.29, 0.717) is 0 Å². The molecule has 8 heterocycles. The van der Waals surface area contributed by atoms with E-state index >= 15 is 0 Å². The fourth-order valence-corrected chi connectivity index (χ4v) is 7.42. The van der Waals surface area contributed by atoms with E-state index in [1.807, 2.05) is 30.3 Å². The van der Waals surface area contributed by atoms with E-state index in [1.165, 1.54) is 5.69 Å². The number of aliphatic imine (C=N–C) groups is 3. The second-order valence-electron chi connectivity index (χ2n) is 15.2. The number of H-pyrrole nitrogens is 1. The summed E-state index contributed by atoms with van der Waals surface area (Å²) in [5.74, 6) is 0. The number of nitrogens with one attached hydrogen (secondary N) is 1. The molecule has 55 heavy (non-hydrogen) atoms. The number of allylic oxidation sites excluding steroid dienone is 12. The molecular weight excluding hydrogens is 677 g/mol. The topological polar surface area (TPSA) is 63.9 Å². The van der Waals surface area contributed by atoms with Crippen molar-refractivity contribution in [1.82, 2.24) is 14.4 Å². The third-order valence-corrected chi connectivity index (χ3v) is 10.4.